The zero-order chi connectivity index (χ0) is 11.2. The van der Waals surface area contributed by atoms with Crippen LogP contribution in [0.4, 0.5) is 0 Å². The van der Waals surface area contributed by atoms with Crippen molar-refractivity contribution in [2.24, 2.45) is 0 Å². The van der Waals surface area contributed by atoms with Gasteiger partial charge in [0, 0.05) is 18.5 Å². The number of unbranched alkanes of at least 4 members (excludes halogenated alkanes) is 1. The van der Waals surface area contributed by atoms with Crippen molar-refractivity contribution < 1.29 is 0 Å². The van der Waals surface area contributed by atoms with Gasteiger partial charge in [-0.1, -0.05) is 30.3 Å². The summed E-state index contributed by atoms with van der Waals surface area (Å²) in [6.07, 6.45) is 6.84. The minimum absolute atomic E-state index is 0.744. The topological polar surface area (TPSA) is 43.6 Å². The van der Waals surface area contributed by atoms with Crippen molar-refractivity contribution in [3.05, 3.63) is 30.3 Å². The standard InChI is InChI=1S/C12H12N4/c1-2-3-7-10-16-12(13-14-15-16)11-8-5-4-6-9-11/h1,4-6,8-9H,3,7,10H2. The summed E-state index contributed by atoms with van der Waals surface area (Å²) in [4.78, 5) is 0. The van der Waals surface area contributed by atoms with Crippen LogP contribution >= 0.6 is 0 Å². The molecule has 1 aromatic carbocycles. The van der Waals surface area contributed by atoms with Crippen LogP contribution < -0.4 is 0 Å². The van der Waals surface area contributed by atoms with Crippen LogP contribution in [-0.2, 0) is 6.54 Å². The molecule has 1 heterocycles. The van der Waals surface area contributed by atoms with Crippen LogP contribution in [0.15, 0.2) is 30.3 Å². The lowest BCUT2D eigenvalue weighted by Gasteiger charge is -2.02. The molecule has 1 aromatic heterocycles. The Bertz CT molecular complexity index is 481. The van der Waals surface area contributed by atoms with Crippen LogP contribution in [0.25, 0.3) is 11.4 Å². The predicted molar refractivity (Wildman–Crippen MR) is 61.3 cm³/mol. The molecule has 0 fully saturated rings. The summed E-state index contributed by atoms with van der Waals surface area (Å²) >= 11 is 0. The minimum Gasteiger partial charge on any atom is -0.225 e. The van der Waals surface area contributed by atoms with Gasteiger partial charge in [0.1, 0.15) is 0 Å². The van der Waals surface area contributed by atoms with E-state index in [1.54, 1.807) is 4.68 Å². The lowest BCUT2D eigenvalue weighted by atomic mass is 10.2. The van der Waals surface area contributed by atoms with Gasteiger partial charge in [0.2, 0.25) is 0 Å². The average Bonchev–Trinajstić information content (AvgIpc) is 2.79. The molecule has 80 valence electrons. The van der Waals surface area contributed by atoms with Gasteiger partial charge < -0.3 is 0 Å². The summed E-state index contributed by atoms with van der Waals surface area (Å²) in [5.74, 6) is 3.40. The van der Waals surface area contributed by atoms with Crippen LogP contribution in [0.2, 0.25) is 0 Å². The molecule has 16 heavy (non-hydrogen) atoms. The van der Waals surface area contributed by atoms with Crippen LogP contribution in [0.5, 0.6) is 0 Å². The Balaban J connectivity index is 2.17. The van der Waals surface area contributed by atoms with Crippen LogP contribution in [-0.4, -0.2) is 20.2 Å². The second-order valence-electron chi connectivity index (χ2n) is 3.40. The molecule has 0 amide bonds. The number of tetrazole rings is 1. The second-order valence-corrected chi connectivity index (χ2v) is 3.40. The van der Waals surface area contributed by atoms with E-state index in [1.165, 1.54) is 0 Å². The van der Waals surface area contributed by atoms with Crippen molar-refractivity contribution >= 4 is 0 Å². The molecule has 0 N–H and O–H groups in total. The average molecular weight is 212 g/mol. The summed E-state index contributed by atoms with van der Waals surface area (Å²) in [6, 6.07) is 9.88. The molecule has 0 saturated carbocycles. The summed E-state index contributed by atoms with van der Waals surface area (Å²) in [5.41, 5.74) is 1.02. The first-order chi connectivity index (χ1) is 7.92. The fourth-order valence-corrected chi connectivity index (χ4v) is 1.48. The number of rotatable bonds is 4. The van der Waals surface area contributed by atoms with Gasteiger partial charge in [0.25, 0.3) is 0 Å². The van der Waals surface area contributed by atoms with Crippen molar-refractivity contribution in [3.8, 4) is 23.7 Å². The largest absolute Gasteiger partial charge is 0.225 e. The van der Waals surface area contributed by atoms with Gasteiger partial charge in [-0.2, -0.15) is 0 Å². The number of aryl methyl sites for hydroxylation is 1. The molecule has 0 spiro atoms. The van der Waals surface area contributed by atoms with Crippen molar-refractivity contribution in [1.29, 1.82) is 0 Å². The Morgan fingerprint density at radius 2 is 2.06 bits per heavy atom. The Hall–Kier alpha value is -2.15. The molecule has 4 heteroatoms. The molecule has 0 bridgehead atoms. The van der Waals surface area contributed by atoms with Gasteiger partial charge in [-0.3, -0.25) is 0 Å². The first kappa shape index (κ1) is 10.4. The number of benzene rings is 1. The van der Waals surface area contributed by atoms with Gasteiger partial charge >= 0.3 is 0 Å². The molecule has 4 nitrogen and oxygen atoms in total. The maximum atomic E-state index is 5.21. The molecule has 0 aliphatic carbocycles. The molecule has 0 aliphatic heterocycles. The highest BCUT2D eigenvalue weighted by molar-refractivity contribution is 5.53. The third-order valence-corrected chi connectivity index (χ3v) is 2.25. The van der Waals surface area contributed by atoms with E-state index in [1.807, 2.05) is 30.3 Å². The normalized spacial score (nSPS) is 9.94. The maximum absolute atomic E-state index is 5.21. The molecular formula is C12H12N4. The highest BCUT2D eigenvalue weighted by Gasteiger charge is 2.06. The zero-order valence-corrected chi connectivity index (χ0v) is 8.87. The number of hydrogen-bond donors (Lipinski definition) is 0. The first-order valence-electron chi connectivity index (χ1n) is 5.17. The van der Waals surface area contributed by atoms with Gasteiger partial charge in [-0.25, -0.2) is 4.68 Å². The molecule has 0 radical (unpaired) electrons. The third-order valence-electron chi connectivity index (χ3n) is 2.25. The quantitative estimate of drug-likeness (QED) is 0.573. The van der Waals surface area contributed by atoms with Gasteiger partial charge in [0.15, 0.2) is 5.82 Å². The Morgan fingerprint density at radius 1 is 1.25 bits per heavy atom. The molecule has 2 rings (SSSR count). The van der Waals surface area contributed by atoms with E-state index >= 15 is 0 Å². The summed E-state index contributed by atoms with van der Waals surface area (Å²) < 4.78 is 1.78. The smallest absolute Gasteiger partial charge is 0.182 e. The van der Waals surface area contributed by atoms with Crippen molar-refractivity contribution in [3.63, 3.8) is 0 Å². The molecule has 2 aromatic rings. The van der Waals surface area contributed by atoms with Crippen molar-refractivity contribution in [1.82, 2.24) is 20.2 Å². The van der Waals surface area contributed by atoms with E-state index in [-0.39, 0.29) is 0 Å². The third kappa shape index (κ3) is 2.26. The molecule has 0 unspecified atom stereocenters. The Kier molecular flexibility index (Phi) is 3.29. The Labute approximate surface area is 94.3 Å². The molecular weight excluding hydrogens is 200 g/mol. The molecule has 0 saturated heterocycles. The van der Waals surface area contributed by atoms with Gasteiger partial charge in [-0.15, -0.1) is 17.4 Å². The van der Waals surface area contributed by atoms with Gasteiger partial charge in [0.05, 0.1) is 0 Å². The van der Waals surface area contributed by atoms with E-state index in [0.717, 1.165) is 30.8 Å². The summed E-state index contributed by atoms with van der Waals surface area (Å²) in [5, 5.41) is 11.7. The lowest BCUT2D eigenvalue weighted by Crippen LogP contribution is -2.02. The highest BCUT2D eigenvalue weighted by Crippen LogP contribution is 2.14. The molecule has 0 atom stereocenters. The monoisotopic (exact) mass is 212 g/mol. The molecule has 0 aliphatic rings. The fraction of sp³-hybridized carbons (Fsp3) is 0.250. The fourth-order valence-electron chi connectivity index (χ4n) is 1.48. The van der Waals surface area contributed by atoms with Crippen LogP contribution in [0, 0.1) is 12.3 Å². The van der Waals surface area contributed by atoms with Crippen LogP contribution in [0.1, 0.15) is 12.8 Å². The predicted octanol–water partition coefficient (Wildman–Crippen LogP) is 1.75. The number of aromatic nitrogens is 4. The highest BCUT2D eigenvalue weighted by atomic mass is 15.5. The SMILES string of the molecule is C#CCCCn1nnnc1-c1ccccc1. The lowest BCUT2D eigenvalue weighted by molar-refractivity contribution is 0.570. The maximum Gasteiger partial charge on any atom is 0.182 e. The van der Waals surface area contributed by atoms with E-state index in [2.05, 4.69) is 21.4 Å². The van der Waals surface area contributed by atoms with E-state index in [0.29, 0.717) is 0 Å². The zero-order valence-electron chi connectivity index (χ0n) is 8.87. The Morgan fingerprint density at radius 3 is 2.81 bits per heavy atom. The number of nitrogens with zero attached hydrogens (tertiary/aromatic N) is 4. The van der Waals surface area contributed by atoms with Crippen molar-refractivity contribution in [2.45, 2.75) is 19.4 Å². The number of terminal acetylenes is 1. The van der Waals surface area contributed by atoms with E-state index < -0.39 is 0 Å². The van der Waals surface area contributed by atoms with E-state index in [4.69, 9.17) is 6.42 Å². The first-order valence-corrected chi connectivity index (χ1v) is 5.17. The summed E-state index contributed by atoms with van der Waals surface area (Å²) in [7, 11) is 0. The van der Waals surface area contributed by atoms with Crippen molar-refractivity contribution in [2.75, 3.05) is 0 Å². The second kappa shape index (κ2) is 5.08. The summed E-state index contributed by atoms with van der Waals surface area (Å²) in [6.45, 7) is 0.751. The van der Waals surface area contributed by atoms with Gasteiger partial charge in [-0.05, 0) is 16.8 Å². The minimum atomic E-state index is 0.744. The van der Waals surface area contributed by atoms with Crippen LogP contribution in [0.3, 0.4) is 0 Å². The number of hydrogen-bond acceptors (Lipinski definition) is 3. The van der Waals surface area contributed by atoms with E-state index in [9.17, 15) is 0 Å².